The van der Waals surface area contributed by atoms with Crippen LogP contribution in [0.4, 0.5) is 39.5 Å². The molecule has 0 bridgehead atoms. The fourth-order valence-electron chi connectivity index (χ4n) is 2.38. The first-order chi connectivity index (χ1) is 12.3. The van der Waals surface area contributed by atoms with Crippen molar-refractivity contribution < 1.29 is 39.5 Å². The van der Waals surface area contributed by atoms with Gasteiger partial charge in [0.05, 0.1) is 11.1 Å². The molecule has 10 heteroatoms. The first kappa shape index (κ1) is 21.1. The van der Waals surface area contributed by atoms with E-state index in [0.717, 1.165) is 0 Å². The molecular formula is C17H12F9N. The van der Waals surface area contributed by atoms with Gasteiger partial charge in [-0.15, -0.1) is 0 Å². The minimum Gasteiger partial charge on any atom is -0.298 e. The van der Waals surface area contributed by atoms with E-state index in [1.807, 2.05) is 5.32 Å². The van der Waals surface area contributed by atoms with Gasteiger partial charge in [-0.05, 0) is 29.3 Å². The normalized spacial score (nSPS) is 14.3. The van der Waals surface area contributed by atoms with Crippen LogP contribution in [-0.4, -0.2) is 6.18 Å². The summed E-state index contributed by atoms with van der Waals surface area (Å²) < 4.78 is 117. The molecule has 1 atom stereocenters. The molecule has 1 N–H and O–H groups in total. The van der Waals surface area contributed by atoms with Crippen LogP contribution in [0.1, 0.15) is 28.3 Å². The van der Waals surface area contributed by atoms with Crippen molar-refractivity contribution in [2.75, 3.05) is 0 Å². The van der Waals surface area contributed by atoms with E-state index >= 15 is 0 Å². The van der Waals surface area contributed by atoms with Crippen LogP contribution in [-0.2, 0) is 18.9 Å². The van der Waals surface area contributed by atoms with Crippen molar-refractivity contribution in [2.45, 2.75) is 31.1 Å². The Bertz CT molecular complexity index is 728. The van der Waals surface area contributed by atoms with Crippen molar-refractivity contribution in [1.82, 2.24) is 5.32 Å². The lowest BCUT2D eigenvalue weighted by Crippen LogP contribution is -2.34. The molecule has 0 amide bonds. The van der Waals surface area contributed by atoms with E-state index < -0.39 is 47.8 Å². The second-order valence-corrected chi connectivity index (χ2v) is 5.68. The van der Waals surface area contributed by atoms with Gasteiger partial charge in [-0.1, -0.05) is 30.3 Å². The Morgan fingerprint density at radius 3 is 1.59 bits per heavy atom. The van der Waals surface area contributed by atoms with Gasteiger partial charge in [-0.3, -0.25) is 5.32 Å². The standard InChI is InChI=1S/C17H12F9N/c18-15(19,20)12-6-11(7-13(8-12)16(21,22)23)14(17(24,25)26)27-9-10-4-2-1-3-5-10/h1-8,14,27H,9H2/t14-/m0/s1. The molecule has 0 unspecified atom stereocenters. The van der Waals surface area contributed by atoms with Crippen LogP contribution in [0.3, 0.4) is 0 Å². The van der Waals surface area contributed by atoms with Crippen molar-refractivity contribution in [3.8, 4) is 0 Å². The third-order valence-electron chi connectivity index (χ3n) is 3.62. The Kier molecular flexibility index (Phi) is 5.79. The highest BCUT2D eigenvalue weighted by atomic mass is 19.4. The van der Waals surface area contributed by atoms with Crippen LogP contribution in [0.2, 0.25) is 0 Å². The van der Waals surface area contributed by atoms with E-state index in [1.54, 1.807) is 6.07 Å². The van der Waals surface area contributed by atoms with E-state index in [1.165, 1.54) is 24.3 Å². The first-order valence-electron chi connectivity index (χ1n) is 7.42. The Labute approximate surface area is 147 Å². The van der Waals surface area contributed by atoms with E-state index in [-0.39, 0.29) is 18.2 Å². The molecule has 27 heavy (non-hydrogen) atoms. The lowest BCUT2D eigenvalue weighted by Gasteiger charge is -2.24. The fraction of sp³-hybridized carbons (Fsp3) is 0.294. The maximum atomic E-state index is 13.3. The molecule has 1 nitrogen and oxygen atoms in total. The maximum absolute atomic E-state index is 13.3. The van der Waals surface area contributed by atoms with Gasteiger partial charge in [-0.25, -0.2) is 0 Å². The molecule has 0 fully saturated rings. The summed E-state index contributed by atoms with van der Waals surface area (Å²) >= 11 is 0. The summed E-state index contributed by atoms with van der Waals surface area (Å²) in [5.41, 5.74) is -4.39. The van der Waals surface area contributed by atoms with Crippen LogP contribution >= 0.6 is 0 Å². The SMILES string of the molecule is FC(F)(F)c1cc([C@H](NCc2ccccc2)C(F)(F)F)cc(C(F)(F)F)c1. The first-order valence-corrected chi connectivity index (χ1v) is 7.42. The Morgan fingerprint density at radius 1 is 0.704 bits per heavy atom. The van der Waals surface area contributed by atoms with Crippen LogP contribution < -0.4 is 5.32 Å². The Balaban J connectivity index is 2.47. The van der Waals surface area contributed by atoms with Crippen LogP contribution in [0, 0.1) is 0 Å². The van der Waals surface area contributed by atoms with E-state index in [0.29, 0.717) is 5.56 Å². The number of hydrogen-bond acceptors (Lipinski definition) is 1. The summed E-state index contributed by atoms with van der Waals surface area (Å²) in [6.45, 7) is -0.400. The number of halogens is 9. The number of rotatable bonds is 4. The zero-order valence-corrected chi connectivity index (χ0v) is 13.3. The predicted molar refractivity (Wildman–Crippen MR) is 78.5 cm³/mol. The van der Waals surface area contributed by atoms with E-state index in [4.69, 9.17) is 0 Å². The molecule has 2 aromatic rings. The topological polar surface area (TPSA) is 12.0 Å². The smallest absolute Gasteiger partial charge is 0.298 e. The molecule has 0 spiro atoms. The van der Waals surface area contributed by atoms with Gasteiger partial charge >= 0.3 is 18.5 Å². The summed E-state index contributed by atoms with van der Waals surface area (Å²) in [4.78, 5) is 0. The molecular weight excluding hydrogens is 389 g/mol. The Morgan fingerprint density at radius 2 is 1.19 bits per heavy atom. The molecule has 0 heterocycles. The molecule has 2 aromatic carbocycles. The van der Waals surface area contributed by atoms with Crippen LogP contribution in [0.5, 0.6) is 0 Å². The summed E-state index contributed by atoms with van der Waals surface area (Å²) in [6, 6.07) is 4.83. The highest BCUT2D eigenvalue weighted by Crippen LogP contribution is 2.40. The number of nitrogens with one attached hydrogen (secondary N) is 1. The van der Waals surface area contributed by atoms with Crippen molar-refractivity contribution >= 4 is 0 Å². The lowest BCUT2D eigenvalue weighted by atomic mass is 9.98. The minimum absolute atomic E-state index is 0.0748. The van der Waals surface area contributed by atoms with Gasteiger partial charge < -0.3 is 0 Å². The fourth-order valence-corrected chi connectivity index (χ4v) is 2.38. The highest BCUT2D eigenvalue weighted by Gasteiger charge is 2.44. The van der Waals surface area contributed by atoms with Crippen molar-refractivity contribution in [3.63, 3.8) is 0 Å². The molecule has 148 valence electrons. The highest BCUT2D eigenvalue weighted by molar-refractivity contribution is 5.36. The average Bonchev–Trinajstić information content (AvgIpc) is 2.53. The van der Waals surface area contributed by atoms with Gasteiger partial charge in [0, 0.05) is 6.54 Å². The summed E-state index contributed by atoms with van der Waals surface area (Å²) in [6.07, 6.45) is -15.6. The van der Waals surface area contributed by atoms with Gasteiger partial charge in [0.1, 0.15) is 6.04 Å². The molecule has 0 radical (unpaired) electrons. The molecule has 0 aliphatic rings. The molecule has 0 aliphatic carbocycles. The largest absolute Gasteiger partial charge is 0.416 e. The van der Waals surface area contributed by atoms with Gasteiger partial charge in [-0.2, -0.15) is 39.5 Å². The second-order valence-electron chi connectivity index (χ2n) is 5.68. The quantitative estimate of drug-likeness (QED) is 0.609. The molecule has 2 rings (SSSR count). The summed E-state index contributed by atoms with van der Waals surface area (Å²) in [5, 5.41) is 1.99. The maximum Gasteiger partial charge on any atom is 0.416 e. The van der Waals surface area contributed by atoms with E-state index in [2.05, 4.69) is 0 Å². The average molecular weight is 401 g/mol. The molecule has 0 saturated carbocycles. The molecule has 0 saturated heterocycles. The third-order valence-corrected chi connectivity index (χ3v) is 3.62. The third kappa shape index (κ3) is 5.62. The zero-order chi connectivity index (χ0) is 20.5. The summed E-state index contributed by atoms with van der Waals surface area (Å²) in [7, 11) is 0. The molecule has 0 aromatic heterocycles. The summed E-state index contributed by atoms with van der Waals surface area (Å²) in [5.74, 6) is 0. The van der Waals surface area contributed by atoms with Gasteiger partial charge in [0.15, 0.2) is 0 Å². The van der Waals surface area contributed by atoms with Gasteiger partial charge in [0.2, 0.25) is 0 Å². The van der Waals surface area contributed by atoms with Crippen LogP contribution in [0.25, 0.3) is 0 Å². The number of alkyl halides is 9. The zero-order valence-electron chi connectivity index (χ0n) is 13.3. The van der Waals surface area contributed by atoms with Crippen molar-refractivity contribution in [3.05, 3.63) is 70.8 Å². The number of hydrogen-bond donors (Lipinski definition) is 1. The van der Waals surface area contributed by atoms with Crippen molar-refractivity contribution in [1.29, 1.82) is 0 Å². The monoisotopic (exact) mass is 401 g/mol. The second kappa shape index (κ2) is 7.41. The Hall–Kier alpha value is -2.23. The van der Waals surface area contributed by atoms with Gasteiger partial charge in [0.25, 0.3) is 0 Å². The van der Waals surface area contributed by atoms with Crippen LogP contribution in [0.15, 0.2) is 48.5 Å². The van der Waals surface area contributed by atoms with Crippen molar-refractivity contribution in [2.24, 2.45) is 0 Å². The van der Waals surface area contributed by atoms with E-state index in [9.17, 15) is 39.5 Å². The number of benzene rings is 2. The predicted octanol–water partition coefficient (Wildman–Crippen LogP) is 6.12. The lowest BCUT2D eigenvalue weighted by molar-refractivity contribution is -0.160. The minimum atomic E-state index is -5.23. The molecule has 0 aliphatic heterocycles.